The zero-order valence-electron chi connectivity index (χ0n) is 41.0. The predicted octanol–water partition coefficient (Wildman–Crippen LogP) is 9.49. The van der Waals surface area contributed by atoms with E-state index in [1.54, 1.807) is 68.5 Å². The van der Waals surface area contributed by atoms with Gasteiger partial charge in [-0.1, -0.05) is 124 Å². The van der Waals surface area contributed by atoms with Crippen molar-refractivity contribution in [2.24, 2.45) is 0 Å². The summed E-state index contributed by atoms with van der Waals surface area (Å²) in [5, 5.41) is 5.03. The topological polar surface area (TPSA) is 166 Å². The molecule has 14 heteroatoms. The number of carbonyl (C=O) groups excluding carboxylic acids is 5. The summed E-state index contributed by atoms with van der Waals surface area (Å²) in [5.41, 5.74) is 2.65. The first-order valence-corrected chi connectivity index (χ1v) is 23.0. The van der Waals surface area contributed by atoms with Crippen molar-refractivity contribution < 1.29 is 33.4 Å². The Morgan fingerprint density at radius 3 is 1.94 bits per heavy atom. The number of hydrogen-bond donors (Lipinski definition) is 3. The van der Waals surface area contributed by atoms with Crippen LogP contribution in [0.3, 0.4) is 0 Å². The fourth-order valence-corrected chi connectivity index (χ4v) is 6.64. The van der Waals surface area contributed by atoms with Crippen LogP contribution in [-0.4, -0.2) is 111 Å². The maximum atomic E-state index is 13.5. The van der Waals surface area contributed by atoms with Crippen LogP contribution in [0.2, 0.25) is 0 Å². The summed E-state index contributed by atoms with van der Waals surface area (Å²) in [7, 11) is 0. The summed E-state index contributed by atoms with van der Waals surface area (Å²) in [5.74, 6) is 0.0357. The number of ether oxygens (including phenoxy) is 2. The number of nitrogens with one attached hydrogen (secondary N) is 3. The molecule has 0 unspecified atom stereocenters. The fraction of sp³-hybridized carbons (Fsp3) is 0.462. The van der Waals surface area contributed by atoms with E-state index < -0.39 is 29.4 Å². The lowest BCUT2D eigenvalue weighted by Crippen LogP contribution is -2.51. The van der Waals surface area contributed by atoms with E-state index in [2.05, 4.69) is 33.3 Å². The number of likely N-dealkylation sites (tertiary alicyclic amines) is 1. The van der Waals surface area contributed by atoms with Gasteiger partial charge in [0, 0.05) is 26.2 Å². The predicted molar refractivity (Wildman–Crippen MR) is 264 cm³/mol. The molecule has 3 aromatic rings. The van der Waals surface area contributed by atoms with Crippen LogP contribution in [0.1, 0.15) is 106 Å². The number of alkyl carbamates (subject to hydrolysis) is 2. The summed E-state index contributed by atoms with van der Waals surface area (Å²) >= 11 is 0. The Balaban J connectivity index is 0.000000853. The highest BCUT2D eigenvalue weighted by Gasteiger charge is 2.37. The third kappa shape index (κ3) is 21.0. The molecule has 66 heavy (non-hydrogen) atoms. The molecule has 5 rings (SSSR count). The molecule has 0 radical (unpaired) electrons. The maximum Gasteiger partial charge on any atom is 0.408 e. The Bertz CT molecular complexity index is 2020. The molecular weight excluding hydrogens is 835 g/mol. The van der Waals surface area contributed by atoms with Gasteiger partial charge < -0.3 is 39.8 Å². The van der Waals surface area contributed by atoms with Gasteiger partial charge in [-0.2, -0.15) is 0 Å². The van der Waals surface area contributed by atoms with Gasteiger partial charge in [0.25, 0.3) is 0 Å². The number of nitrogens with zero attached hydrogens (tertiary/aromatic N) is 4. The van der Waals surface area contributed by atoms with Crippen molar-refractivity contribution >= 4 is 35.5 Å². The van der Waals surface area contributed by atoms with Gasteiger partial charge in [0.15, 0.2) is 0 Å². The highest BCUT2D eigenvalue weighted by Crippen LogP contribution is 2.27. The SMILES string of the molecule is C=C/C=C\C=C/C.CC.CCCN(Cc1ncc(-c2ccc(C3=CCN(C(=O)[C@@H]4CCCN4C(=O)CNC(=O)OC(C)(C)C)CC3)cc2)[nH]1)C(=O)CNC(=O)OC(C)(C)C.c1ccccc1. The van der Waals surface area contributed by atoms with E-state index in [9.17, 15) is 24.0 Å². The van der Waals surface area contributed by atoms with Crippen molar-refractivity contribution in [3.05, 3.63) is 121 Å². The van der Waals surface area contributed by atoms with Crippen molar-refractivity contribution in [1.82, 2.24) is 35.3 Å². The summed E-state index contributed by atoms with van der Waals surface area (Å²) in [6.07, 6.45) is 14.8. The normalized spacial score (nSPS) is 14.6. The Morgan fingerprint density at radius 2 is 1.42 bits per heavy atom. The molecule has 1 atom stereocenters. The summed E-state index contributed by atoms with van der Waals surface area (Å²) in [6, 6.07) is 19.6. The highest BCUT2D eigenvalue weighted by molar-refractivity contribution is 5.90. The Morgan fingerprint density at radius 1 is 0.848 bits per heavy atom. The number of aromatic nitrogens is 2. The number of benzene rings is 2. The molecule has 0 saturated carbocycles. The van der Waals surface area contributed by atoms with Gasteiger partial charge in [0.1, 0.15) is 36.2 Å². The van der Waals surface area contributed by atoms with E-state index in [0.29, 0.717) is 44.8 Å². The van der Waals surface area contributed by atoms with Gasteiger partial charge in [-0.3, -0.25) is 14.4 Å². The molecule has 2 aromatic carbocycles. The van der Waals surface area contributed by atoms with Crippen molar-refractivity contribution in [1.29, 1.82) is 0 Å². The third-order valence-electron chi connectivity index (χ3n) is 9.54. The molecular formula is C52H75N7O7. The van der Waals surface area contributed by atoms with Gasteiger partial charge in [-0.05, 0) is 90.8 Å². The van der Waals surface area contributed by atoms with Gasteiger partial charge >= 0.3 is 12.2 Å². The average molecular weight is 910 g/mol. The zero-order chi connectivity index (χ0) is 49.1. The average Bonchev–Trinajstić information content (AvgIpc) is 3.99. The Kier molecular flexibility index (Phi) is 24.6. The molecule has 0 aliphatic carbocycles. The number of aromatic amines is 1. The largest absolute Gasteiger partial charge is 0.444 e. The minimum atomic E-state index is -0.668. The van der Waals surface area contributed by atoms with E-state index in [4.69, 9.17) is 9.47 Å². The quantitative estimate of drug-likeness (QED) is 0.143. The Hall–Kier alpha value is -6.44. The minimum Gasteiger partial charge on any atom is -0.444 e. The van der Waals surface area contributed by atoms with E-state index >= 15 is 0 Å². The van der Waals surface area contributed by atoms with Gasteiger partial charge in [-0.25, -0.2) is 14.6 Å². The van der Waals surface area contributed by atoms with Gasteiger partial charge in [0.05, 0.1) is 18.4 Å². The lowest BCUT2D eigenvalue weighted by molar-refractivity contribution is -0.143. The number of hydrogen-bond acceptors (Lipinski definition) is 8. The second-order valence-corrected chi connectivity index (χ2v) is 17.2. The fourth-order valence-electron chi connectivity index (χ4n) is 6.64. The van der Waals surface area contributed by atoms with Gasteiger partial charge in [0.2, 0.25) is 17.7 Å². The second kappa shape index (κ2) is 29.2. The van der Waals surface area contributed by atoms with Crippen LogP contribution in [0.15, 0.2) is 110 Å². The summed E-state index contributed by atoms with van der Waals surface area (Å²) in [6.45, 7) is 23.9. The third-order valence-corrected chi connectivity index (χ3v) is 9.54. The standard InChI is InChI=1S/C37H53N7O7.C7H10.C6H6.C2H6/c1-8-17-43(31(45)22-39-34(48)50-36(2,3)4)24-30-38-21-28(41-30)27-13-11-25(12-14-27)26-15-19-42(20-16-26)33(47)29-10-9-18-44(29)32(46)23-40-35(49)51-37(5,6)7;1-3-5-7-6-4-2;1-2-4-6-5-3-1;1-2/h11-15,21,29H,8-10,16-20,22-24H2,1-7H3,(H,38,41)(H,39,48)(H,40,49);3-7H,1H2,2H3;1-6H;1-2H3/b;6-4-,7-5-;;/t29-;;;/m0.../s1. The first-order chi connectivity index (χ1) is 31.4. The van der Waals surface area contributed by atoms with Crippen LogP contribution in [0, 0.1) is 0 Å². The van der Waals surface area contributed by atoms with E-state index in [-0.39, 0.29) is 37.4 Å². The van der Waals surface area contributed by atoms with Crippen LogP contribution in [0.5, 0.6) is 0 Å². The molecule has 2 aliphatic rings. The number of amides is 5. The van der Waals surface area contributed by atoms with Crippen molar-refractivity contribution in [3.63, 3.8) is 0 Å². The van der Waals surface area contributed by atoms with Crippen LogP contribution in [0.4, 0.5) is 9.59 Å². The number of carbonyl (C=O) groups is 5. The zero-order valence-corrected chi connectivity index (χ0v) is 41.0. The van der Waals surface area contributed by atoms with Crippen LogP contribution in [0.25, 0.3) is 16.8 Å². The molecule has 1 aromatic heterocycles. The first-order valence-electron chi connectivity index (χ1n) is 23.0. The van der Waals surface area contributed by atoms with E-state index in [1.807, 2.05) is 113 Å². The summed E-state index contributed by atoms with van der Waals surface area (Å²) < 4.78 is 10.4. The minimum absolute atomic E-state index is 0.0719. The van der Waals surface area contributed by atoms with Crippen molar-refractivity contribution in [3.8, 4) is 11.3 Å². The van der Waals surface area contributed by atoms with Crippen LogP contribution < -0.4 is 10.6 Å². The molecule has 0 spiro atoms. The molecule has 14 nitrogen and oxygen atoms in total. The lowest BCUT2D eigenvalue weighted by Gasteiger charge is -2.32. The molecule has 1 fully saturated rings. The van der Waals surface area contributed by atoms with E-state index in [1.165, 1.54) is 0 Å². The monoisotopic (exact) mass is 910 g/mol. The number of imidazole rings is 1. The molecule has 360 valence electrons. The van der Waals surface area contributed by atoms with Gasteiger partial charge in [-0.15, -0.1) is 0 Å². The number of allylic oxidation sites excluding steroid dienone is 5. The molecule has 0 bridgehead atoms. The van der Waals surface area contributed by atoms with Crippen LogP contribution in [-0.2, 0) is 30.4 Å². The number of rotatable bonds is 13. The Labute approximate surface area is 393 Å². The smallest absolute Gasteiger partial charge is 0.408 e. The maximum absolute atomic E-state index is 13.5. The van der Waals surface area contributed by atoms with E-state index in [0.717, 1.165) is 35.2 Å². The van der Waals surface area contributed by atoms with Crippen molar-refractivity contribution in [2.75, 3.05) is 39.3 Å². The first kappa shape index (κ1) is 55.7. The molecule has 3 heterocycles. The molecule has 1 saturated heterocycles. The number of H-pyrrole nitrogens is 1. The second-order valence-electron chi connectivity index (χ2n) is 17.2. The lowest BCUT2D eigenvalue weighted by atomic mass is 9.97. The summed E-state index contributed by atoms with van der Waals surface area (Å²) in [4.78, 5) is 76.1. The molecule has 3 N–H and O–H groups in total. The molecule has 5 amide bonds. The molecule has 2 aliphatic heterocycles. The van der Waals surface area contributed by atoms with Crippen molar-refractivity contribution in [2.45, 2.75) is 119 Å². The van der Waals surface area contributed by atoms with Crippen LogP contribution >= 0.6 is 0 Å². The highest BCUT2D eigenvalue weighted by atomic mass is 16.6.